The van der Waals surface area contributed by atoms with E-state index >= 15 is 0 Å². The zero-order chi connectivity index (χ0) is 14.9. The molecule has 3 nitrogen and oxygen atoms in total. The highest BCUT2D eigenvalue weighted by Crippen LogP contribution is 2.31. The lowest BCUT2D eigenvalue weighted by molar-refractivity contribution is 0.146. The fourth-order valence-corrected chi connectivity index (χ4v) is 3.32. The van der Waals surface area contributed by atoms with Gasteiger partial charge in [-0.05, 0) is 44.5 Å². The Kier molecular flexibility index (Phi) is 4.97. The smallest absolute Gasteiger partial charge is 0.0597 e. The maximum Gasteiger partial charge on any atom is 0.0597 e. The molecule has 2 rings (SSSR count). The second kappa shape index (κ2) is 6.35. The van der Waals surface area contributed by atoms with E-state index in [1.165, 1.54) is 17.8 Å². The first-order valence-corrected chi connectivity index (χ1v) is 8.11. The Bertz CT molecular complexity index is 461. The second-order valence-electron chi connectivity index (χ2n) is 6.31. The van der Waals surface area contributed by atoms with E-state index in [4.69, 9.17) is 0 Å². The van der Waals surface area contributed by atoms with Crippen LogP contribution >= 0.6 is 15.9 Å². The van der Waals surface area contributed by atoms with E-state index in [0.29, 0.717) is 18.0 Å². The summed E-state index contributed by atoms with van der Waals surface area (Å²) >= 11 is 3.58. The zero-order valence-corrected chi connectivity index (χ0v) is 14.7. The van der Waals surface area contributed by atoms with Gasteiger partial charge in [-0.3, -0.25) is 0 Å². The number of piperidine rings is 1. The minimum absolute atomic E-state index is 0.536. The van der Waals surface area contributed by atoms with Crippen LogP contribution in [0.15, 0.2) is 22.7 Å². The number of halogens is 1. The van der Waals surface area contributed by atoms with Gasteiger partial charge in [-0.2, -0.15) is 0 Å². The molecule has 0 bridgehead atoms. The lowest BCUT2D eigenvalue weighted by Crippen LogP contribution is -2.48. The van der Waals surface area contributed by atoms with Crippen molar-refractivity contribution in [2.24, 2.45) is 5.92 Å². The topological polar surface area (TPSA) is 18.5 Å². The van der Waals surface area contributed by atoms with E-state index in [1.807, 2.05) is 0 Å². The predicted molar refractivity (Wildman–Crippen MR) is 91.8 cm³/mol. The summed E-state index contributed by atoms with van der Waals surface area (Å²) in [6, 6.07) is 7.62. The van der Waals surface area contributed by atoms with Crippen molar-refractivity contribution in [3.63, 3.8) is 0 Å². The molecule has 0 saturated carbocycles. The molecular weight excluding hydrogens is 314 g/mol. The predicted octanol–water partition coefficient (Wildman–Crippen LogP) is 3.66. The quantitative estimate of drug-likeness (QED) is 0.906. The summed E-state index contributed by atoms with van der Waals surface area (Å²) < 4.78 is 1.12. The molecule has 0 radical (unpaired) electrons. The van der Waals surface area contributed by atoms with Crippen molar-refractivity contribution in [1.82, 2.24) is 4.90 Å². The molecule has 1 fully saturated rings. The minimum Gasteiger partial charge on any atom is -0.380 e. The highest BCUT2D eigenvalue weighted by Gasteiger charge is 2.29. The molecule has 3 atom stereocenters. The Morgan fingerprint density at radius 3 is 2.65 bits per heavy atom. The molecule has 1 N–H and O–H groups in total. The average molecular weight is 340 g/mol. The van der Waals surface area contributed by atoms with Crippen LogP contribution in [0.5, 0.6) is 0 Å². The Hall–Kier alpha value is -0.740. The Labute approximate surface area is 131 Å². The number of rotatable bonds is 3. The number of hydrogen-bond donors (Lipinski definition) is 1. The molecule has 4 heteroatoms. The normalized spacial score (nSPS) is 27.4. The van der Waals surface area contributed by atoms with E-state index in [2.05, 4.69) is 84.2 Å². The number of nitrogens with zero attached hydrogens (tertiary/aromatic N) is 2. The second-order valence-corrected chi connectivity index (χ2v) is 7.22. The summed E-state index contributed by atoms with van der Waals surface area (Å²) in [4.78, 5) is 4.62. The van der Waals surface area contributed by atoms with Crippen LogP contribution in [0, 0.1) is 5.92 Å². The van der Waals surface area contributed by atoms with Gasteiger partial charge < -0.3 is 15.1 Å². The molecule has 3 unspecified atom stereocenters. The molecule has 0 spiro atoms. The fourth-order valence-electron chi connectivity index (χ4n) is 2.96. The van der Waals surface area contributed by atoms with Gasteiger partial charge >= 0.3 is 0 Å². The molecule has 0 aliphatic carbocycles. The molecule has 1 heterocycles. The van der Waals surface area contributed by atoms with Gasteiger partial charge in [-0.25, -0.2) is 0 Å². The molecule has 1 aromatic carbocycles. The standard InChI is InChI=1S/C16H26BrN3/c1-11-10-20(5)12(2)8-14(11)18-15-9-13(17)6-7-16(15)19(3)4/h6-7,9,11-12,14,18H,8,10H2,1-5H3. The largest absolute Gasteiger partial charge is 0.380 e. The molecule has 1 aliphatic rings. The maximum atomic E-state index is 3.77. The summed E-state index contributed by atoms with van der Waals surface area (Å²) in [5.74, 6) is 0.658. The van der Waals surface area contributed by atoms with Gasteiger partial charge in [-0.15, -0.1) is 0 Å². The van der Waals surface area contributed by atoms with Crippen molar-refractivity contribution in [2.75, 3.05) is 37.9 Å². The van der Waals surface area contributed by atoms with Gasteiger partial charge in [0.1, 0.15) is 0 Å². The maximum absolute atomic E-state index is 3.77. The van der Waals surface area contributed by atoms with Gasteiger partial charge in [-0.1, -0.05) is 22.9 Å². The third kappa shape index (κ3) is 3.47. The van der Waals surface area contributed by atoms with Crippen LogP contribution in [-0.4, -0.2) is 44.7 Å². The molecule has 112 valence electrons. The van der Waals surface area contributed by atoms with Crippen molar-refractivity contribution in [3.8, 4) is 0 Å². The lowest BCUT2D eigenvalue weighted by atomic mass is 9.89. The molecule has 0 aromatic heterocycles. The molecule has 20 heavy (non-hydrogen) atoms. The highest BCUT2D eigenvalue weighted by molar-refractivity contribution is 9.10. The molecule has 0 amide bonds. The number of hydrogen-bond acceptors (Lipinski definition) is 3. The van der Waals surface area contributed by atoms with Gasteiger partial charge in [0.25, 0.3) is 0 Å². The lowest BCUT2D eigenvalue weighted by Gasteiger charge is -2.40. The van der Waals surface area contributed by atoms with Crippen LogP contribution in [0.2, 0.25) is 0 Å². The van der Waals surface area contributed by atoms with Gasteiger partial charge in [0, 0.05) is 37.2 Å². The summed E-state index contributed by atoms with van der Waals surface area (Å²) in [6.45, 7) is 5.81. The van der Waals surface area contributed by atoms with Gasteiger partial charge in [0.05, 0.1) is 11.4 Å². The van der Waals surface area contributed by atoms with Crippen LogP contribution in [0.25, 0.3) is 0 Å². The van der Waals surface area contributed by atoms with Crippen molar-refractivity contribution in [1.29, 1.82) is 0 Å². The van der Waals surface area contributed by atoms with Gasteiger partial charge in [0.15, 0.2) is 0 Å². The number of benzene rings is 1. The van der Waals surface area contributed by atoms with Crippen LogP contribution in [0.4, 0.5) is 11.4 Å². The summed E-state index contributed by atoms with van der Waals surface area (Å²) in [5, 5.41) is 3.77. The monoisotopic (exact) mass is 339 g/mol. The van der Waals surface area contributed by atoms with E-state index < -0.39 is 0 Å². The summed E-state index contributed by atoms with van der Waals surface area (Å²) in [6.07, 6.45) is 1.19. The van der Waals surface area contributed by atoms with E-state index in [-0.39, 0.29) is 0 Å². The third-order valence-electron chi connectivity index (χ3n) is 4.39. The number of anilines is 2. The molecule has 1 saturated heterocycles. The van der Waals surface area contributed by atoms with E-state index in [9.17, 15) is 0 Å². The summed E-state index contributed by atoms with van der Waals surface area (Å²) in [5.41, 5.74) is 2.46. The first-order chi connectivity index (χ1) is 9.38. The van der Waals surface area contributed by atoms with Crippen molar-refractivity contribution >= 4 is 27.3 Å². The molecule has 1 aromatic rings. The SMILES string of the molecule is CC1CN(C)C(C)CC1Nc1cc(Br)ccc1N(C)C. The summed E-state index contributed by atoms with van der Waals surface area (Å²) in [7, 11) is 6.41. The van der Waals surface area contributed by atoms with Crippen molar-refractivity contribution in [2.45, 2.75) is 32.4 Å². The van der Waals surface area contributed by atoms with Crippen molar-refractivity contribution in [3.05, 3.63) is 22.7 Å². The Balaban J connectivity index is 2.19. The molecular formula is C16H26BrN3. The van der Waals surface area contributed by atoms with Gasteiger partial charge in [0.2, 0.25) is 0 Å². The molecule has 1 aliphatic heterocycles. The van der Waals surface area contributed by atoms with Crippen molar-refractivity contribution < 1.29 is 0 Å². The first kappa shape index (κ1) is 15.6. The van der Waals surface area contributed by atoms with Crippen LogP contribution in [0.3, 0.4) is 0 Å². The van der Waals surface area contributed by atoms with E-state index in [1.54, 1.807) is 0 Å². The van der Waals surface area contributed by atoms with Crippen LogP contribution in [0.1, 0.15) is 20.3 Å². The highest BCUT2D eigenvalue weighted by atomic mass is 79.9. The first-order valence-electron chi connectivity index (χ1n) is 7.32. The zero-order valence-electron chi connectivity index (χ0n) is 13.2. The van der Waals surface area contributed by atoms with E-state index in [0.717, 1.165) is 11.0 Å². The number of nitrogens with one attached hydrogen (secondary N) is 1. The van der Waals surface area contributed by atoms with Crippen LogP contribution < -0.4 is 10.2 Å². The minimum atomic E-state index is 0.536. The Morgan fingerprint density at radius 1 is 1.30 bits per heavy atom. The van der Waals surface area contributed by atoms with Crippen LogP contribution in [-0.2, 0) is 0 Å². The third-order valence-corrected chi connectivity index (χ3v) is 4.88. The average Bonchev–Trinajstić information content (AvgIpc) is 2.35. The number of likely N-dealkylation sites (tertiary alicyclic amines) is 1. The fraction of sp³-hybridized carbons (Fsp3) is 0.625. The Morgan fingerprint density at radius 2 is 2.00 bits per heavy atom.